The lowest BCUT2D eigenvalue weighted by molar-refractivity contribution is 0.500. The van der Waals surface area contributed by atoms with Crippen LogP contribution >= 0.6 is 11.6 Å². The Bertz CT molecular complexity index is 554. The van der Waals surface area contributed by atoms with E-state index in [-0.39, 0.29) is 5.38 Å². The van der Waals surface area contributed by atoms with Crippen molar-refractivity contribution in [1.82, 2.24) is 0 Å². The SMILES string of the molecule is Cc1cc(C(Cl)Cc2ccc(C)c(C)c2)c(C)o1. The second-order valence-electron chi connectivity index (χ2n) is 4.96. The Balaban J connectivity index is 2.18. The Kier molecular flexibility index (Phi) is 3.82. The molecule has 1 unspecified atom stereocenters. The highest BCUT2D eigenvalue weighted by atomic mass is 35.5. The van der Waals surface area contributed by atoms with Crippen LogP contribution in [0, 0.1) is 27.7 Å². The van der Waals surface area contributed by atoms with Gasteiger partial charge in [0.2, 0.25) is 0 Å². The van der Waals surface area contributed by atoms with E-state index >= 15 is 0 Å². The third-order valence-corrected chi connectivity index (χ3v) is 3.79. The van der Waals surface area contributed by atoms with E-state index in [1.165, 1.54) is 16.7 Å². The fraction of sp³-hybridized carbons (Fsp3) is 0.375. The quantitative estimate of drug-likeness (QED) is 0.707. The monoisotopic (exact) mass is 262 g/mol. The van der Waals surface area contributed by atoms with Crippen molar-refractivity contribution in [2.75, 3.05) is 0 Å². The fourth-order valence-corrected chi connectivity index (χ4v) is 2.60. The number of hydrogen-bond acceptors (Lipinski definition) is 1. The minimum absolute atomic E-state index is 0.0236. The van der Waals surface area contributed by atoms with Gasteiger partial charge >= 0.3 is 0 Å². The van der Waals surface area contributed by atoms with Crippen molar-refractivity contribution in [2.45, 2.75) is 39.5 Å². The molecular weight excluding hydrogens is 244 g/mol. The fourth-order valence-electron chi connectivity index (χ4n) is 2.21. The minimum Gasteiger partial charge on any atom is -0.466 e. The van der Waals surface area contributed by atoms with Crippen molar-refractivity contribution >= 4 is 11.6 Å². The van der Waals surface area contributed by atoms with Gasteiger partial charge in [-0.25, -0.2) is 0 Å². The van der Waals surface area contributed by atoms with E-state index in [1.54, 1.807) is 0 Å². The van der Waals surface area contributed by atoms with Crippen LogP contribution in [0.4, 0.5) is 0 Å². The Labute approximate surface area is 114 Å². The van der Waals surface area contributed by atoms with E-state index in [1.807, 2.05) is 19.9 Å². The highest BCUT2D eigenvalue weighted by Crippen LogP contribution is 2.30. The molecule has 2 aromatic rings. The van der Waals surface area contributed by atoms with E-state index in [0.717, 1.165) is 23.5 Å². The molecule has 0 spiro atoms. The molecule has 0 radical (unpaired) electrons. The van der Waals surface area contributed by atoms with Gasteiger partial charge in [0.15, 0.2) is 0 Å². The van der Waals surface area contributed by atoms with Gasteiger partial charge in [0.05, 0.1) is 5.38 Å². The van der Waals surface area contributed by atoms with Crippen LogP contribution in [-0.2, 0) is 6.42 Å². The molecule has 1 aromatic heterocycles. The molecule has 1 aromatic carbocycles. The van der Waals surface area contributed by atoms with Crippen molar-refractivity contribution in [3.05, 3.63) is 58.0 Å². The van der Waals surface area contributed by atoms with Crippen molar-refractivity contribution in [3.8, 4) is 0 Å². The van der Waals surface area contributed by atoms with Gasteiger partial charge in [0, 0.05) is 5.56 Å². The molecule has 2 heteroatoms. The van der Waals surface area contributed by atoms with E-state index in [0.29, 0.717) is 0 Å². The average molecular weight is 263 g/mol. The first-order valence-corrected chi connectivity index (χ1v) is 6.68. The lowest BCUT2D eigenvalue weighted by Gasteiger charge is -2.10. The summed E-state index contributed by atoms with van der Waals surface area (Å²) in [7, 11) is 0. The van der Waals surface area contributed by atoms with E-state index in [9.17, 15) is 0 Å². The minimum atomic E-state index is -0.0236. The number of alkyl halides is 1. The van der Waals surface area contributed by atoms with Crippen LogP contribution in [0.25, 0.3) is 0 Å². The molecule has 0 aliphatic carbocycles. The van der Waals surface area contributed by atoms with E-state index in [4.69, 9.17) is 16.0 Å². The summed E-state index contributed by atoms with van der Waals surface area (Å²) >= 11 is 6.49. The van der Waals surface area contributed by atoms with Gasteiger partial charge in [0.1, 0.15) is 11.5 Å². The zero-order valence-electron chi connectivity index (χ0n) is 11.4. The van der Waals surface area contributed by atoms with Gasteiger partial charge in [-0.1, -0.05) is 18.2 Å². The normalized spacial score (nSPS) is 12.7. The number of benzene rings is 1. The summed E-state index contributed by atoms with van der Waals surface area (Å²) in [5.41, 5.74) is 5.01. The van der Waals surface area contributed by atoms with Crippen LogP contribution in [0.1, 0.15) is 39.2 Å². The molecular formula is C16H19ClO. The van der Waals surface area contributed by atoms with Gasteiger partial charge in [-0.05, 0) is 56.9 Å². The second-order valence-corrected chi connectivity index (χ2v) is 5.49. The summed E-state index contributed by atoms with van der Waals surface area (Å²) in [6, 6.07) is 8.56. The van der Waals surface area contributed by atoms with Gasteiger partial charge in [0.25, 0.3) is 0 Å². The Hall–Kier alpha value is -1.21. The maximum Gasteiger partial charge on any atom is 0.105 e. The lowest BCUT2D eigenvalue weighted by Crippen LogP contribution is -1.97. The van der Waals surface area contributed by atoms with Crippen LogP contribution in [0.3, 0.4) is 0 Å². The van der Waals surface area contributed by atoms with Crippen LogP contribution in [-0.4, -0.2) is 0 Å². The van der Waals surface area contributed by atoms with E-state index < -0.39 is 0 Å². The number of rotatable bonds is 3. The first kappa shape index (κ1) is 13.2. The van der Waals surface area contributed by atoms with Gasteiger partial charge in [-0.3, -0.25) is 0 Å². The summed E-state index contributed by atoms with van der Waals surface area (Å²) in [6.07, 6.45) is 0.836. The van der Waals surface area contributed by atoms with Crippen LogP contribution < -0.4 is 0 Å². The van der Waals surface area contributed by atoms with Gasteiger partial charge in [-0.15, -0.1) is 11.6 Å². The van der Waals surface area contributed by atoms with Crippen LogP contribution in [0.5, 0.6) is 0 Å². The molecule has 0 bridgehead atoms. The van der Waals surface area contributed by atoms with Crippen LogP contribution in [0.15, 0.2) is 28.7 Å². The number of furan rings is 1. The molecule has 0 fully saturated rings. The second kappa shape index (κ2) is 5.19. The smallest absolute Gasteiger partial charge is 0.105 e. The summed E-state index contributed by atoms with van der Waals surface area (Å²) in [6.45, 7) is 8.18. The first-order chi connectivity index (χ1) is 8.47. The molecule has 1 atom stereocenters. The van der Waals surface area contributed by atoms with Crippen molar-refractivity contribution in [1.29, 1.82) is 0 Å². The lowest BCUT2D eigenvalue weighted by atomic mass is 10.0. The number of aryl methyl sites for hydroxylation is 4. The predicted molar refractivity (Wildman–Crippen MR) is 76.4 cm³/mol. The molecule has 1 nitrogen and oxygen atoms in total. The molecule has 0 saturated heterocycles. The van der Waals surface area contributed by atoms with Crippen molar-refractivity contribution in [3.63, 3.8) is 0 Å². The third kappa shape index (κ3) is 2.78. The summed E-state index contributed by atoms with van der Waals surface area (Å²) in [4.78, 5) is 0. The summed E-state index contributed by atoms with van der Waals surface area (Å²) < 4.78 is 5.53. The van der Waals surface area contributed by atoms with E-state index in [2.05, 4.69) is 32.0 Å². The van der Waals surface area contributed by atoms with Crippen LogP contribution in [0.2, 0.25) is 0 Å². The van der Waals surface area contributed by atoms with Gasteiger partial charge in [-0.2, -0.15) is 0 Å². The summed E-state index contributed by atoms with van der Waals surface area (Å²) in [5, 5.41) is -0.0236. The topological polar surface area (TPSA) is 13.1 Å². The molecule has 0 amide bonds. The number of hydrogen-bond donors (Lipinski definition) is 0. The highest BCUT2D eigenvalue weighted by molar-refractivity contribution is 6.21. The predicted octanol–water partition coefficient (Wildman–Crippen LogP) is 5.04. The third-order valence-electron chi connectivity index (χ3n) is 3.40. The Morgan fingerprint density at radius 3 is 2.33 bits per heavy atom. The maximum absolute atomic E-state index is 6.49. The standard InChI is InChI=1S/C16H19ClO/c1-10-5-6-14(7-11(10)2)9-16(17)15-8-12(3)18-13(15)4/h5-8,16H,9H2,1-4H3. The molecule has 0 aliphatic rings. The average Bonchev–Trinajstić information content (AvgIpc) is 2.63. The van der Waals surface area contributed by atoms with Gasteiger partial charge < -0.3 is 4.42 Å². The molecule has 2 rings (SSSR count). The maximum atomic E-state index is 6.49. The Morgan fingerprint density at radius 2 is 1.78 bits per heavy atom. The molecule has 0 saturated carbocycles. The first-order valence-electron chi connectivity index (χ1n) is 6.24. The van der Waals surface area contributed by atoms with Crippen molar-refractivity contribution < 1.29 is 4.42 Å². The molecule has 0 aliphatic heterocycles. The zero-order chi connectivity index (χ0) is 13.3. The molecule has 18 heavy (non-hydrogen) atoms. The number of halogens is 1. The van der Waals surface area contributed by atoms with Crippen molar-refractivity contribution in [2.24, 2.45) is 0 Å². The molecule has 0 N–H and O–H groups in total. The molecule has 96 valence electrons. The largest absolute Gasteiger partial charge is 0.466 e. The molecule has 1 heterocycles. The zero-order valence-corrected chi connectivity index (χ0v) is 12.1. The Morgan fingerprint density at radius 1 is 1.06 bits per heavy atom. The highest BCUT2D eigenvalue weighted by Gasteiger charge is 2.15. The summed E-state index contributed by atoms with van der Waals surface area (Å²) in [5.74, 6) is 1.85.